The minimum atomic E-state index is -0.397. The quantitative estimate of drug-likeness (QED) is 0.356. The first-order valence-electron chi connectivity index (χ1n) is 12.5. The summed E-state index contributed by atoms with van der Waals surface area (Å²) in [5, 5.41) is 6.66. The number of thiazole rings is 1. The highest BCUT2D eigenvalue weighted by Gasteiger charge is 2.24. The zero-order valence-corrected chi connectivity index (χ0v) is 22.4. The Hall–Kier alpha value is -3.21. The molecule has 2 N–H and O–H groups in total. The van der Waals surface area contributed by atoms with Gasteiger partial charge in [0.25, 0.3) is 5.91 Å². The number of hydrogen-bond donors (Lipinski definition) is 2. The van der Waals surface area contributed by atoms with Crippen LogP contribution in [0.1, 0.15) is 30.6 Å². The maximum absolute atomic E-state index is 13.7. The van der Waals surface area contributed by atoms with Crippen LogP contribution in [0.15, 0.2) is 35.1 Å². The molecule has 0 spiro atoms. The number of anilines is 1. The number of piperazine rings is 1. The van der Waals surface area contributed by atoms with Crippen LogP contribution in [0.3, 0.4) is 0 Å². The highest BCUT2D eigenvalue weighted by Crippen LogP contribution is 2.33. The summed E-state index contributed by atoms with van der Waals surface area (Å²) in [7, 11) is 0. The lowest BCUT2D eigenvalue weighted by Gasteiger charge is -2.27. The van der Waals surface area contributed by atoms with E-state index in [1.54, 1.807) is 18.2 Å². The Morgan fingerprint density at radius 3 is 2.81 bits per heavy atom. The number of halogens is 1. The topological polar surface area (TPSA) is 99.0 Å². The van der Waals surface area contributed by atoms with E-state index in [2.05, 4.69) is 29.4 Å². The molecule has 1 aliphatic rings. The van der Waals surface area contributed by atoms with Gasteiger partial charge in [0, 0.05) is 31.2 Å². The van der Waals surface area contributed by atoms with E-state index in [1.807, 2.05) is 21.4 Å². The second kappa shape index (κ2) is 10.6. The molecule has 0 aliphatic carbocycles. The number of carbonyl (C=O) groups is 2. The van der Waals surface area contributed by atoms with Gasteiger partial charge in [0.15, 0.2) is 5.65 Å². The SMILES string of the molecule is CCCN(CC)CCNC(=O)c1c(=O)c2ccc(N3CCNC(=O)C3)nc2n2c1sc1ccc(Cl)cc12. The second-order valence-electron chi connectivity index (χ2n) is 9.06. The Bertz CT molecular complexity index is 1570. The van der Waals surface area contributed by atoms with Crippen molar-refractivity contribution < 1.29 is 9.59 Å². The van der Waals surface area contributed by atoms with E-state index >= 15 is 0 Å². The lowest BCUT2D eigenvalue weighted by molar-refractivity contribution is -0.120. The number of likely N-dealkylation sites (N-methyl/N-ethyl adjacent to an activating group) is 1. The monoisotopic (exact) mass is 540 g/mol. The molecule has 1 aliphatic heterocycles. The van der Waals surface area contributed by atoms with Crippen molar-refractivity contribution in [3.8, 4) is 0 Å². The Morgan fingerprint density at radius 2 is 2.05 bits per heavy atom. The summed E-state index contributed by atoms with van der Waals surface area (Å²) in [6, 6.07) is 8.93. The number of pyridine rings is 2. The number of benzene rings is 1. The molecule has 9 nitrogen and oxygen atoms in total. The third-order valence-electron chi connectivity index (χ3n) is 6.62. The van der Waals surface area contributed by atoms with Crippen LogP contribution in [0.4, 0.5) is 5.82 Å². The fourth-order valence-corrected chi connectivity index (χ4v) is 6.10. The van der Waals surface area contributed by atoms with Gasteiger partial charge in [-0.15, -0.1) is 11.3 Å². The molecule has 2 amide bonds. The molecule has 4 aromatic rings. The van der Waals surface area contributed by atoms with Crippen LogP contribution in [0.5, 0.6) is 0 Å². The smallest absolute Gasteiger partial charge is 0.258 e. The summed E-state index contributed by atoms with van der Waals surface area (Å²) in [5.41, 5.74) is 0.957. The molecule has 4 heterocycles. The first-order valence-corrected chi connectivity index (χ1v) is 13.7. The normalized spacial score (nSPS) is 14.2. The largest absolute Gasteiger partial charge is 0.353 e. The van der Waals surface area contributed by atoms with Crippen molar-refractivity contribution in [2.75, 3.05) is 50.7 Å². The molecule has 0 unspecified atom stereocenters. The van der Waals surface area contributed by atoms with Crippen LogP contribution in [-0.4, -0.2) is 71.9 Å². The number of nitrogens with zero attached hydrogens (tertiary/aromatic N) is 4. The van der Waals surface area contributed by atoms with Crippen molar-refractivity contribution in [2.45, 2.75) is 20.3 Å². The molecule has 1 aromatic carbocycles. The average Bonchev–Trinajstić information content (AvgIpc) is 3.26. The third-order valence-corrected chi connectivity index (χ3v) is 8.00. The number of rotatable bonds is 8. The van der Waals surface area contributed by atoms with Gasteiger partial charge >= 0.3 is 0 Å². The van der Waals surface area contributed by atoms with Gasteiger partial charge in [0.1, 0.15) is 16.2 Å². The first-order chi connectivity index (χ1) is 17.9. The fourth-order valence-electron chi connectivity index (χ4n) is 4.77. The Labute approximate surface area is 223 Å². The zero-order valence-electron chi connectivity index (χ0n) is 20.8. The van der Waals surface area contributed by atoms with Crippen LogP contribution in [0, 0.1) is 0 Å². The second-order valence-corrected chi connectivity index (χ2v) is 10.5. The van der Waals surface area contributed by atoms with Crippen molar-refractivity contribution in [1.29, 1.82) is 0 Å². The predicted octanol–water partition coefficient (Wildman–Crippen LogP) is 3.11. The molecule has 0 atom stereocenters. The molecule has 0 radical (unpaired) electrons. The summed E-state index contributed by atoms with van der Waals surface area (Å²) in [4.78, 5) is 48.6. The third kappa shape index (κ3) is 4.88. The van der Waals surface area contributed by atoms with Crippen molar-refractivity contribution in [1.82, 2.24) is 24.9 Å². The van der Waals surface area contributed by atoms with Crippen molar-refractivity contribution in [2.24, 2.45) is 0 Å². The highest BCUT2D eigenvalue weighted by atomic mass is 35.5. The maximum atomic E-state index is 13.7. The molecule has 3 aromatic heterocycles. The Balaban J connectivity index is 1.64. The van der Waals surface area contributed by atoms with Crippen LogP contribution in [0.25, 0.3) is 26.1 Å². The molecule has 1 saturated heterocycles. The van der Waals surface area contributed by atoms with Crippen molar-refractivity contribution in [3.05, 3.63) is 51.1 Å². The maximum Gasteiger partial charge on any atom is 0.258 e. The summed E-state index contributed by atoms with van der Waals surface area (Å²) in [5.74, 6) is 0.131. The number of amides is 2. The molecule has 0 saturated carbocycles. The number of aromatic nitrogens is 2. The molecule has 194 valence electrons. The van der Waals surface area contributed by atoms with E-state index in [-0.39, 0.29) is 23.4 Å². The summed E-state index contributed by atoms with van der Waals surface area (Å²) < 4.78 is 2.73. The number of fused-ring (bicyclic) bond motifs is 5. The summed E-state index contributed by atoms with van der Waals surface area (Å²) in [6.07, 6.45) is 1.04. The fraction of sp³-hybridized carbons (Fsp3) is 0.385. The molecule has 11 heteroatoms. The van der Waals surface area contributed by atoms with Crippen molar-refractivity contribution in [3.63, 3.8) is 0 Å². The molecular formula is C26H29ClN6O3S. The van der Waals surface area contributed by atoms with Crippen LogP contribution < -0.4 is 21.0 Å². The summed E-state index contributed by atoms with van der Waals surface area (Å²) >= 11 is 7.70. The van der Waals surface area contributed by atoms with Gasteiger partial charge in [0.2, 0.25) is 11.3 Å². The first kappa shape index (κ1) is 25.4. The van der Waals surface area contributed by atoms with Crippen LogP contribution in [-0.2, 0) is 4.79 Å². The number of nitrogens with one attached hydrogen (secondary N) is 2. The van der Waals surface area contributed by atoms with E-state index in [9.17, 15) is 14.4 Å². The van der Waals surface area contributed by atoms with Gasteiger partial charge in [-0.05, 0) is 49.8 Å². The lowest BCUT2D eigenvalue weighted by Crippen LogP contribution is -2.48. The predicted molar refractivity (Wildman–Crippen MR) is 149 cm³/mol. The van der Waals surface area contributed by atoms with Crippen LogP contribution in [0.2, 0.25) is 5.02 Å². The zero-order chi connectivity index (χ0) is 26.1. The lowest BCUT2D eigenvalue weighted by atomic mass is 10.1. The Morgan fingerprint density at radius 1 is 1.22 bits per heavy atom. The molecule has 1 fully saturated rings. The minimum absolute atomic E-state index is 0.0733. The average molecular weight is 541 g/mol. The number of carbonyl (C=O) groups excluding carboxylic acids is 2. The van der Waals surface area contributed by atoms with E-state index < -0.39 is 5.91 Å². The van der Waals surface area contributed by atoms with Gasteiger partial charge in [-0.25, -0.2) is 4.98 Å². The van der Waals surface area contributed by atoms with E-state index in [0.717, 1.165) is 29.7 Å². The van der Waals surface area contributed by atoms with Gasteiger partial charge in [0.05, 0.1) is 22.1 Å². The van der Waals surface area contributed by atoms with Gasteiger partial charge in [-0.1, -0.05) is 25.4 Å². The van der Waals surface area contributed by atoms with E-state index in [1.165, 1.54) is 11.3 Å². The van der Waals surface area contributed by atoms with Crippen LogP contribution >= 0.6 is 22.9 Å². The van der Waals surface area contributed by atoms with Gasteiger partial charge < -0.3 is 20.4 Å². The van der Waals surface area contributed by atoms with Gasteiger partial charge in [-0.3, -0.25) is 18.8 Å². The van der Waals surface area contributed by atoms with E-state index in [0.29, 0.717) is 52.9 Å². The van der Waals surface area contributed by atoms with Crippen molar-refractivity contribution >= 4 is 66.7 Å². The molecular weight excluding hydrogens is 512 g/mol. The highest BCUT2D eigenvalue weighted by molar-refractivity contribution is 7.24. The van der Waals surface area contributed by atoms with Gasteiger partial charge in [-0.2, -0.15) is 0 Å². The molecule has 0 bridgehead atoms. The molecule has 37 heavy (non-hydrogen) atoms. The van der Waals surface area contributed by atoms with E-state index in [4.69, 9.17) is 16.6 Å². The minimum Gasteiger partial charge on any atom is -0.353 e. The Kier molecular flexibility index (Phi) is 7.32. The molecule has 5 rings (SSSR count). The number of hydrogen-bond acceptors (Lipinski definition) is 7. The summed E-state index contributed by atoms with van der Waals surface area (Å²) in [6.45, 7) is 8.57. The standard InChI is InChI=1S/C26H29ClN6O3S/c1-3-11-31(4-2)12-9-29-25(36)22-23(35)17-6-8-20(32-13-10-28-21(34)15-32)30-24(17)33-18-14-16(27)5-7-19(18)37-26(22)33/h5-8,14H,3-4,9-13,15H2,1-2H3,(H,28,34)(H,29,36).